The molecule has 104 valence electrons. The molecule has 3 heteroatoms. The Hall–Kier alpha value is -0.900. The molecule has 0 saturated heterocycles. The van der Waals surface area contributed by atoms with Crippen molar-refractivity contribution in [2.45, 2.75) is 32.6 Å². The predicted octanol–water partition coefficient (Wildman–Crippen LogP) is 6.94. The average Bonchev–Trinajstić information content (AvgIpc) is 3.19. The van der Waals surface area contributed by atoms with Crippen molar-refractivity contribution in [3.05, 3.63) is 46.7 Å². The van der Waals surface area contributed by atoms with Gasteiger partial charge in [-0.2, -0.15) is 0 Å². The van der Waals surface area contributed by atoms with Crippen LogP contribution in [-0.2, 0) is 6.42 Å². The van der Waals surface area contributed by atoms with Gasteiger partial charge in [0.15, 0.2) is 0 Å². The van der Waals surface area contributed by atoms with E-state index in [1.54, 1.807) is 0 Å². The fourth-order valence-corrected chi connectivity index (χ4v) is 5.20. The molecule has 0 amide bonds. The van der Waals surface area contributed by atoms with E-state index in [-0.39, 0.29) is 0 Å². The van der Waals surface area contributed by atoms with Gasteiger partial charge in [-0.05, 0) is 48.6 Å². The lowest BCUT2D eigenvalue weighted by molar-refractivity contribution is 0.722. The van der Waals surface area contributed by atoms with Crippen molar-refractivity contribution in [3.63, 3.8) is 0 Å². The largest absolute Gasteiger partial charge is 0.143 e. The first-order valence-electron chi connectivity index (χ1n) is 7.09. The minimum atomic E-state index is 1.24. The molecule has 0 atom stereocenters. The fourth-order valence-electron chi connectivity index (χ4n) is 2.22. The van der Waals surface area contributed by atoms with Gasteiger partial charge in [0.25, 0.3) is 0 Å². The van der Waals surface area contributed by atoms with Crippen LogP contribution in [0.15, 0.2) is 41.8 Å². The zero-order chi connectivity index (χ0) is 13.8. The summed E-state index contributed by atoms with van der Waals surface area (Å²) in [5.41, 5.74) is 0. The topological polar surface area (TPSA) is 0 Å². The number of hydrogen-bond donors (Lipinski definition) is 0. The van der Waals surface area contributed by atoms with Crippen molar-refractivity contribution in [2.75, 3.05) is 0 Å². The summed E-state index contributed by atoms with van der Waals surface area (Å²) in [6.07, 6.45) is 5.20. The number of aryl methyl sites for hydroxylation is 1. The Morgan fingerprint density at radius 3 is 2.30 bits per heavy atom. The maximum atomic E-state index is 2.31. The van der Waals surface area contributed by atoms with Gasteiger partial charge in [-0.3, -0.25) is 0 Å². The second kappa shape index (κ2) is 6.70. The number of thiophene rings is 3. The maximum absolute atomic E-state index is 2.31. The third kappa shape index (κ3) is 3.22. The van der Waals surface area contributed by atoms with E-state index in [1.807, 2.05) is 34.0 Å². The minimum absolute atomic E-state index is 1.24. The number of rotatable bonds is 6. The second-order valence-corrected chi connectivity index (χ2v) is 8.06. The minimum Gasteiger partial charge on any atom is -0.143 e. The first kappa shape index (κ1) is 14.1. The van der Waals surface area contributed by atoms with Gasteiger partial charge in [0.1, 0.15) is 0 Å². The molecule has 0 aliphatic carbocycles. The molecule has 0 radical (unpaired) electrons. The van der Waals surface area contributed by atoms with Gasteiger partial charge in [0, 0.05) is 24.4 Å². The van der Waals surface area contributed by atoms with E-state index in [2.05, 4.69) is 48.7 Å². The Kier molecular flexibility index (Phi) is 4.71. The van der Waals surface area contributed by atoms with E-state index in [9.17, 15) is 0 Å². The highest BCUT2D eigenvalue weighted by Crippen LogP contribution is 2.39. The van der Waals surface area contributed by atoms with Crippen molar-refractivity contribution in [1.29, 1.82) is 0 Å². The average molecular weight is 319 g/mol. The SMILES string of the molecule is CCCCCc1ccc(-c2ccc(-c3cccs3)s2)s1. The molecule has 0 fully saturated rings. The molecule has 20 heavy (non-hydrogen) atoms. The summed E-state index contributed by atoms with van der Waals surface area (Å²) in [5.74, 6) is 0. The molecular formula is C17H18S3. The lowest BCUT2D eigenvalue weighted by Gasteiger charge is -1.95. The van der Waals surface area contributed by atoms with Crippen LogP contribution in [-0.4, -0.2) is 0 Å². The summed E-state index contributed by atoms with van der Waals surface area (Å²) in [7, 11) is 0. The fraction of sp³-hybridized carbons (Fsp3) is 0.294. The normalized spacial score (nSPS) is 11.1. The zero-order valence-corrected chi connectivity index (χ0v) is 14.0. The van der Waals surface area contributed by atoms with Crippen LogP contribution >= 0.6 is 34.0 Å². The van der Waals surface area contributed by atoms with Gasteiger partial charge in [0.2, 0.25) is 0 Å². The van der Waals surface area contributed by atoms with E-state index in [1.165, 1.54) is 50.1 Å². The van der Waals surface area contributed by atoms with Crippen LogP contribution in [0.4, 0.5) is 0 Å². The van der Waals surface area contributed by atoms with Crippen molar-refractivity contribution < 1.29 is 0 Å². The summed E-state index contributed by atoms with van der Waals surface area (Å²) in [6.45, 7) is 2.26. The Morgan fingerprint density at radius 2 is 1.55 bits per heavy atom. The summed E-state index contributed by atoms with van der Waals surface area (Å²) in [5, 5.41) is 2.14. The predicted molar refractivity (Wildman–Crippen MR) is 94.2 cm³/mol. The third-order valence-electron chi connectivity index (χ3n) is 3.30. The third-order valence-corrected chi connectivity index (χ3v) is 6.79. The lowest BCUT2D eigenvalue weighted by Crippen LogP contribution is -1.78. The van der Waals surface area contributed by atoms with E-state index in [0.717, 1.165) is 0 Å². The molecule has 3 rings (SSSR count). The van der Waals surface area contributed by atoms with E-state index in [4.69, 9.17) is 0 Å². The van der Waals surface area contributed by atoms with Crippen LogP contribution in [0.25, 0.3) is 19.5 Å². The van der Waals surface area contributed by atoms with Gasteiger partial charge in [-0.1, -0.05) is 25.8 Å². The molecule has 0 N–H and O–H groups in total. The van der Waals surface area contributed by atoms with Crippen LogP contribution in [0, 0.1) is 0 Å². The highest BCUT2D eigenvalue weighted by atomic mass is 32.1. The number of hydrogen-bond acceptors (Lipinski definition) is 3. The molecule has 0 spiro atoms. The van der Waals surface area contributed by atoms with Gasteiger partial charge in [0.05, 0.1) is 0 Å². The monoisotopic (exact) mass is 318 g/mol. The Bertz CT molecular complexity index is 643. The molecular weight excluding hydrogens is 300 g/mol. The maximum Gasteiger partial charge on any atom is 0.0449 e. The summed E-state index contributed by atoms with van der Waals surface area (Å²) in [4.78, 5) is 7.11. The van der Waals surface area contributed by atoms with Crippen LogP contribution < -0.4 is 0 Å². The van der Waals surface area contributed by atoms with E-state index >= 15 is 0 Å². The molecule has 3 aromatic rings. The Balaban J connectivity index is 1.73. The van der Waals surface area contributed by atoms with Crippen LogP contribution in [0.3, 0.4) is 0 Å². The molecule has 0 saturated carbocycles. The van der Waals surface area contributed by atoms with Crippen molar-refractivity contribution in [2.24, 2.45) is 0 Å². The lowest BCUT2D eigenvalue weighted by atomic mass is 10.2. The zero-order valence-electron chi connectivity index (χ0n) is 11.6. The molecule has 0 aliphatic rings. The molecule has 3 heterocycles. The van der Waals surface area contributed by atoms with Crippen LogP contribution in [0.5, 0.6) is 0 Å². The molecule has 0 aliphatic heterocycles. The van der Waals surface area contributed by atoms with Crippen molar-refractivity contribution in [3.8, 4) is 19.5 Å². The summed E-state index contributed by atoms with van der Waals surface area (Å²) >= 11 is 5.68. The standard InChI is InChI=1S/C17H18S3/c1-2-3-4-6-13-8-9-16(19-13)17-11-10-15(20-17)14-7-5-12-18-14/h5,7-12H,2-4,6H2,1H3. The van der Waals surface area contributed by atoms with Gasteiger partial charge >= 0.3 is 0 Å². The Morgan fingerprint density at radius 1 is 0.800 bits per heavy atom. The van der Waals surface area contributed by atoms with E-state index < -0.39 is 0 Å². The summed E-state index contributed by atoms with van der Waals surface area (Å²) < 4.78 is 0. The van der Waals surface area contributed by atoms with Gasteiger partial charge < -0.3 is 0 Å². The van der Waals surface area contributed by atoms with Crippen LogP contribution in [0.1, 0.15) is 31.1 Å². The van der Waals surface area contributed by atoms with Crippen molar-refractivity contribution in [1.82, 2.24) is 0 Å². The first-order chi connectivity index (χ1) is 9.86. The second-order valence-electron chi connectivity index (χ2n) is 4.86. The number of unbranched alkanes of at least 4 members (excludes halogenated alkanes) is 2. The smallest absolute Gasteiger partial charge is 0.0449 e. The molecule has 0 nitrogen and oxygen atoms in total. The summed E-state index contributed by atoms with van der Waals surface area (Å²) in [6, 6.07) is 13.4. The first-order valence-corrected chi connectivity index (χ1v) is 9.61. The van der Waals surface area contributed by atoms with Gasteiger partial charge in [-0.25, -0.2) is 0 Å². The molecule has 0 aromatic carbocycles. The molecule has 3 aromatic heterocycles. The van der Waals surface area contributed by atoms with Crippen molar-refractivity contribution >= 4 is 34.0 Å². The van der Waals surface area contributed by atoms with Gasteiger partial charge in [-0.15, -0.1) is 34.0 Å². The highest BCUT2D eigenvalue weighted by Gasteiger charge is 2.08. The molecule has 0 unspecified atom stereocenters. The van der Waals surface area contributed by atoms with E-state index in [0.29, 0.717) is 0 Å². The molecule has 0 bridgehead atoms. The highest BCUT2D eigenvalue weighted by molar-refractivity contribution is 7.26. The van der Waals surface area contributed by atoms with Crippen LogP contribution in [0.2, 0.25) is 0 Å². The Labute approximate surface area is 132 Å². The quantitative estimate of drug-likeness (QED) is 0.432.